The molecule has 1 heterocycles. The normalized spacial score (nSPS) is 23.7. The summed E-state index contributed by atoms with van der Waals surface area (Å²) in [5.41, 5.74) is 0. The Kier molecular flexibility index (Phi) is 8.28. The maximum absolute atomic E-state index is 11.4. The minimum absolute atomic E-state index is 0.101. The summed E-state index contributed by atoms with van der Waals surface area (Å²) in [6.07, 6.45) is 11.2. The molecule has 0 aromatic carbocycles. The van der Waals surface area contributed by atoms with Gasteiger partial charge in [0.25, 0.3) is 0 Å². The molecule has 0 atom stereocenters. The monoisotopic (exact) mass is 291 g/mol. The van der Waals surface area contributed by atoms with Gasteiger partial charge in [-0.05, 0) is 0 Å². The van der Waals surface area contributed by atoms with Crippen molar-refractivity contribution in [2.24, 2.45) is 0 Å². The molecule has 114 valence electrons. The molecule has 0 unspecified atom stereocenters. The van der Waals surface area contributed by atoms with Crippen LogP contribution in [0.4, 0.5) is 0 Å². The molecule has 0 fully saturated rings. The van der Waals surface area contributed by atoms with E-state index >= 15 is 0 Å². The predicted octanol–water partition coefficient (Wildman–Crippen LogP) is 0.187. The maximum Gasteiger partial charge on any atom is 0.224 e. The number of rotatable bonds is 0. The molecule has 0 aromatic rings. The molecule has 0 saturated carbocycles. The lowest BCUT2D eigenvalue weighted by atomic mass is 10.3. The molecule has 1 rings (SSSR count). The van der Waals surface area contributed by atoms with Crippen LogP contribution in [0, 0.1) is 0 Å². The number of hydrogen-bond acceptors (Lipinski definition) is 3. The van der Waals surface area contributed by atoms with Crippen molar-refractivity contribution in [3.05, 3.63) is 36.5 Å². The van der Waals surface area contributed by atoms with Crippen molar-refractivity contribution in [1.82, 2.24) is 16.0 Å². The average Bonchev–Trinajstić information content (AvgIpc) is 2.45. The van der Waals surface area contributed by atoms with Gasteiger partial charge in [0.1, 0.15) is 0 Å². The van der Waals surface area contributed by atoms with Crippen molar-refractivity contribution in [2.75, 3.05) is 19.6 Å². The molecule has 6 nitrogen and oxygen atoms in total. The van der Waals surface area contributed by atoms with Gasteiger partial charge in [-0.1, -0.05) is 36.5 Å². The molecule has 1 aliphatic heterocycles. The van der Waals surface area contributed by atoms with E-state index in [9.17, 15) is 14.4 Å². The highest BCUT2D eigenvalue weighted by Crippen LogP contribution is 1.88. The van der Waals surface area contributed by atoms with Crippen LogP contribution in [-0.4, -0.2) is 37.4 Å². The standard InChI is InChI=1S/C15H21N3O3/c19-13-7-1-4-10-16-14(20)8-3-6-12-18-15(21)9-2-5-11-17-13/h1-6H,7-12H2,(H,16,20)(H,17,19)(H,18,21)/b4-1-,5-2+,6-3+. The number of hydrogen-bond donors (Lipinski definition) is 3. The second-order valence-electron chi connectivity index (χ2n) is 4.44. The molecular formula is C15H21N3O3. The first-order valence-corrected chi connectivity index (χ1v) is 6.93. The lowest BCUT2D eigenvalue weighted by molar-refractivity contribution is -0.120. The van der Waals surface area contributed by atoms with Gasteiger partial charge in [0.05, 0.1) is 0 Å². The van der Waals surface area contributed by atoms with Crippen LogP contribution in [0.2, 0.25) is 0 Å². The maximum atomic E-state index is 11.4. The van der Waals surface area contributed by atoms with Gasteiger partial charge < -0.3 is 16.0 Å². The van der Waals surface area contributed by atoms with E-state index in [4.69, 9.17) is 0 Å². The molecule has 0 saturated heterocycles. The van der Waals surface area contributed by atoms with Crippen LogP contribution < -0.4 is 16.0 Å². The van der Waals surface area contributed by atoms with E-state index < -0.39 is 0 Å². The number of carbonyl (C=O) groups excluding carboxylic acids is 3. The van der Waals surface area contributed by atoms with Gasteiger partial charge in [-0.2, -0.15) is 0 Å². The second-order valence-corrected chi connectivity index (χ2v) is 4.44. The summed E-state index contributed by atoms with van der Waals surface area (Å²) in [5, 5.41) is 8.11. The van der Waals surface area contributed by atoms with Crippen LogP contribution in [0.15, 0.2) is 36.5 Å². The Morgan fingerprint density at radius 2 is 0.810 bits per heavy atom. The van der Waals surface area contributed by atoms with Gasteiger partial charge in [0.2, 0.25) is 17.7 Å². The largest absolute Gasteiger partial charge is 0.352 e. The SMILES string of the molecule is O=C1C/C=C\CNC(=O)C/C=C/CNC(=O)C/C=C/CN1. The van der Waals surface area contributed by atoms with Crippen molar-refractivity contribution >= 4 is 17.7 Å². The topological polar surface area (TPSA) is 87.3 Å². The van der Waals surface area contributed by atoms with Gasteiger partial charge in [-0.25, -0.2) is 0 Å². The minimum atomic E-state index is -0.101. The third kappa shape index (κ3) is 9.21. The first-order chi connectivity index (χ1) is 10.2. The zero-order valence-corrected chi connectivity index (χ0v) is 11.9. The van der Waals surface area contributed by atoms with E-state index in [0.29, 0.717) is 19.6 Å². The predicted molar refractivity (Wildman–Crippen MR) is 80.3 cm³/mol. The van der Waals surface area contributed by atoms with E-state index in [1.807, 2.05) is 0 Å². The Morgan fingerprint density at radius 3 is 1.10 bits per heavy atom. The second kappa shape index (κ2) is 10.4. The van der Waals surface area contributed by atoms with Crippen LogP contribution >= 0.6 is 0 Å². The highest BCUT2D eigenvalue weighted by molar-refractivity contribution is 5.79. The molecule has 0 bridgehead atoms. The molecular weight excluding hydrogens is 270 g/mol. The Labute approximate surface area is 124 Å². The Bertz CT molecular complexity index is 387. The van der Waals surface area contributed by atoms with Crippen molar-refractivity contribution in [1.29, 1.82) is 0 Å². The minimum Gasteiger partial charge on any atom is -0.352 e. The fourth-order valence-electron chi connectivity index (χ4n) is 1.56. The van der Waals surface area contributed by atoms with E-state index in [0.717, 1.165) is 0 Å². The van der Waals surface area contributed by atoms with Gasteiger partial charge in [-0.15, -0.1) is 0 Å². The van der Waals surface area contributed by atoms with Crippen molar-refractivity contribution in [3.63, 3.8) is 0 Å². The first-order valence-electron chi connectivity index (χ1n) is 6.93. The van der Waals surface area contributed by atoms with Crippen molar-refractivity contribution in [3.8, 4) is 0 Å². The fourth-order valence-corrected chi connectivity index (χ4v) is 1.56. The van der Waals surface area contributed by atoms with Crippen LogP contribution in [0.3, 0.4) is 0 Å². The molecule has 1 aliphatic rings. The van der Waals surface area contributed by atoms with E-state index in [-0.39, 0.29) is 37.0 Å². The zero-order chi connectivity index (χ0) is 15.3. The number of nitrogens with one attached hydrogen (secondary N) is 3. The summed E-state index contributed by atoms with van der Waals surface area (Å²) in [6, 6.07) is 0. The van der Waals surface area contributed by atoms with E-state index in [1.54, 1.807) is 36.5 Å². The zero-order valence-electron chi connectivity index (χ0n) is 11.9. The average molecular weight is 291 g/mol. The Balaban J connectivity index is 2.49. The van der Waals surface area contributed by atoms with Crippen molar-refractivity contribution < 1.29 is 14.4 Å². The van der Waals surface area contributed by atoms with E-state index in [1.165, 1.54) is 0 Å². The lowest BCUT2D eigenvalue weighted by Crippen LogP contribution is -2.24. The molecule has 0 aromatic heterocycles. The number of carbonyl (C=O) groups is 3. The highest BCUT2D eigenvalue weighted by Gasteiger charge is 1.98. The fraction of sp³-hybridized carbons (Fsp3) is 0.400. The summed E-state index contributed by atoms with van der Waals surface area (Å²) in [5.74, 6) is -0.304. The molecule has 3 N–H and O–H groups in total. The Morgan fingerprint density at radius 1 is 0.524 bits per heavy atom. The van der Waals surface area contributed by atoms with Crippen LogP contribution in [-0.2, 0) is 14.4 Å². The van der Waals surface area contributed by atoms with Crippen LogP contribution in [0.1, 0.15) is 19.3 Å². The summed E-state index contributed by atoms with van der Waals surface area (Å²) in [6.45, 7) is 1.20. The summed E-state index contributed by atoms with van der Waals surface area (Å²) >= 11 is 0. The van der Waals surface area contributed by atoms with Crippen LogP contribution in [0.5, 0.6) is 0 Å². The molecule has 21 heavy (non-hydrogen) atoms. The quantitative estimate of drug-likeness (QED) is 0.557. The summed E-state index contributed by atoms with van der Waals surface area (Å²) in [7, 11) is 0. The molecule has 6 heteroatoms. The molecule has 0 aliphatic carbocycles. The van der Waals surface area contributed by atoms with Gasteiger partial charge in [0, 0.05) is 38.9 Å². The third-order valence-corrected chi connectivity index (χ3v) is 2.66. The molecule has 3 amide bonds. The first kappa shape index (κ1) is 16.7. The third-order valence-electron chi connectivity index (χ3n) is 2.66. The molecule has 0 spiro atoms. The van der Waals surface area contributed by atoms with Crippen LogP contribution in [0.25, 0.3) is 0 Å². The summed E-state index contributed by atoms with van der Waals surface area (Å²) < 4.78 is 0. The number of amides is 3. The Hall–Kier alpha value is -2.37. The molecule has 0 radical (unpaired) electrons. The van der Waals surface area contributed by atoms with Crippen molar-refractivity contribution in [2.45, 2.75) is 19.3 Å². The highest BCUT2D eigenvalue weighted by atomic mass is 16.2. The summed E-state index contributed by atoms with van der Waals surface area (Å²) in [4.78, 5) is 34.3. The lowest BCUT2D eigenvalue weighted by Gasteiger charge is -2.02. The van der Waals surface area contributed by atoms with Gasteiger partial charge in [-0.3, -0.25) is 14.4 Å². The van der Waals surface area contributed by atoms with Gasteiger partial charge >= 0.3 is 0 Å². The van der Waals surface area contributed by atoms with E-state index in [2.05, 4.69) is 16.0 Å². The van der Waals surface area contributed by atoms with Gasteiger partial charge in [0.15, 0.2) is 0 Å². The smallest absolute Gasteiger partial charge is 0.224 e.